The van der Waals surface area contributed by atoms with Crippen LogP contribution in [-0.2, 0) is 6.18 Å². The zero-order valence-electron chi connectivity index (χ0n) is 12.4. The number of pyridine rings is 1. The van der Waals surface area contributed by atoms with Crippen molar-refractivity contribution < 1.29 is 13.2 Å². The van der Waals surface area contributed by atoms with E-state index in [0.717, 1.165) is 33.1 Å². The molecule has 0 amide bonds. The third kappa shape index (κ3) is 3.71. The summed E-state index contributed by atoms with van der Waals surface area (Å²) in [5, 5.41) is 0. The first kappa shape index (κ1) is 16.4. The van der Waals surface area contributed by atoms with Gasteiger partial charge in [-0.1, -0.05) is 30.0 Å². The number of rotatable bonds is 3. The number of aromatic nitrogens is 1. The van der Waals surface area contributed by atoms with Crippen molar-refractivity contribution in [3.8, 4) is 11.1 Å². The summed E-state index contributed by atoms with van der Waals surface area (Å²) in [6.07, 6.45) is -2.69. The highest BCUT2D eigenvalue weighted by Crippen LogP contribution is 2.37. The first-order valence-electron chi connectivity index (χ1n) is 7.09. The van der Waals surface area contributed by atoms with Gasteiger partial charge in [-0.2, -0.15) is 13.2 Å². The normalized spacial score (nSPS) is 11.5. The molecule has 0 saturated carbocycles. The maximum Gasteiger partial charge on any atom is 0.416 e. The van der Waals surface area contributed by atoms with Crippen LogP contribution in [0.2, 0.25) is 0 Å². The number of alkyl halides is 3. The quantitative estimate of drug-likeness (QED) is 0.680. The van der Waals surface area contributed by atoms with Crippen LogP contribution in [0.5, 0.6) is 0 Å². The lowest BCUT2D eigenvalue weighted by molar-refractivity contribution is -0.137. The zero-order chi connectivity index (χ0) is 17.2. The van der Waals surface area contributed by atoms with E-state index in [0.29, 0.717) is 5.82 Å². The predicted molar refractivity (Wildman–Crippen MR) is 89.7 cm³/mol. The highest BCUT2D eigenvalue weighted by molar-refractivity contribution is 7.99. The molecule has 0 radical (unpaired) electrons. The molecule has 24 heavy (non-hydrogen) atoms. The minimum absolute atomic E-state index is 0.418. The van der Waals surface area contributed by atoms with Crippen LogP contribution in [0.25, 0.3) is 11.1 Å². The van der Waals surface area contributed by atoms with E-state index in [-0.39, 0.29) is 0 Å². The van der Waals surface area contributed by atoms with Crippen molar-refractivity contribution in [3.63, 3.8) is 0 Å². The number of hydrogen-bond donors (Lipinski definition) is 1. The predicted octanol–water partition coefficient (Wildman–Crippen LogP) is 5.50. The standard InChI is InChI=1S/C18H13F3N2S/c19-18(20,21)13-5-7-14(8-6-13)24-16-4-2-1-3-15(16)12-9-10-23-17(22)11-12/h1-11H,(H2,22,23). The fourth-order valence-corrected chi connectivity index (χ4v) is 3.22. The van der Waals surface area contributed by atoms with Crippen LogP contribution in [-0.4, -0.2) is 4.98 Å². The van der Waals surface area contributed by atoms with Gasteiger partial charge in [0.2, 0.25) is 0 Å². The summed E-state index contributed by atoms with van der Waals surface area (Å²) >= 11 is 1.41. The molecule has 1 aromatic heterocycles. The molecule has 6 heteroatoms. The molecule has 2 aromatic carbocycles. The summed E-state index contributed by atoms with van der Waals surface area (Å²) in [4.78, 5) is 5.64. The van der Waals surface area contributed by atoms with Crippen LogP contribution in [0.4, 0.5) is 19.0 Å². The van der Waals surface area contributed by atoms with Gasteiger partial charge in [0.1, 0.15) is 5.82 Å². The molecule has 0 fully saturated rings. The number of hydrogen-bond acceptors (Lipinski definition) is 3. The van der Waals surface area contributed by atoms with Gasteiger partial charge in [-0.05, 0) is 53.6 Å². The Morgan fingerprint density at radius 3 is 2.29 bits per heavy atom. The topological polar surface area (TPSA) is 38.9 Å². The molecule has 2 N–H and O–H groups in total. The number of nitrogens with two attached hydrogens (primary N) is 1. The first-order valence-corrected chi connectivity index (χ1v) is 7.91. The number of nitrogens with zero attached hydrogens (tertiary/aromatic N) is 1. The Bertz CT molecular complexity index is 845. The highest BCUT2D eigenvalue weighted by Gasteiger charge is 2.29. The Labute approximate surface area is 141 Å². The van der Waals surface area contributed by atoms with Crippen LogP contribution in [0.3, 0.4) is 0 Å². The van der Waals surface area contributed by atoms with E-state index >= 15 is 0 Å². The van der Waals surface area contributed by atoms with Crippen LogP contribution in [0.15, 0.2) is 76.7 Å². The maximum atomic E-state index is 12.6. The molecule has 2 nitrogen and oxygen atoms in total. The van der Waals surface area contributed by atoms with E-state index in [1.807, 2.05) is 30.3 Å². The number of nitrogen functional groups attached to an aromatic ring is 1. The van der Waals surface area contributed by atoms with Crippen molar-refractivity contribution in [3.05, 3.63) is 72.4 Å². The lowest BCUT2D eigenvalue weighted by atomic mass is 10.1. The summed E-state index contributed by atoms with van der Waals surface area (Å²) < 4.78 is 37.9. The minimum atomic E-state index is -4.32. The van der Waals surface area contributed by atoms with Gasteiger partial charge in [-0.15, -0.1) is 0 Å². The molecule has 0 aliphatic heterocycles. The fourth-order valence-electron chi connectivity index (χ4n) is 2.25. The van der Waals surface area contributed by atoms with Gasteiger partial charge in [0.25, 0.3) is 0 Å². The molecule has 0 aliphatic rings. The summed E-state index contributed by atoms with van der Waals surface area (Å²) in [5.74, 6) is 0.418. The third-order valence-corrected chi connectivity index (χ3v) is 4.47. The van der Waals surface area contributed by atoms with E-state index in [9.17, 15) is 13.2 Å². The van der Waals surface area contributed by atoms with Crippen molar-refractivity contribution in [2.24, 2.45) is 0 Å². The van der Waals surface area contributed by atoms with E-state index in [2.05, 4.69) is 4.98 Å². The molecule has 0 unspecified atom stereocenters. The molecular formula is C18H13F3N2S. The molecular weight excluding hydrogens is 333 g/mol. The van der Waals surface area contributed by atoms with Gasteiger partial charge < -0.3 is 5.73 Å². The summed E-state index contributed by atoms with van der Waals surface area (Å²) in [5.41, 5.74) is 6.95. The molecule has 3 aromatic rings. The summed E-state index contributed by atoms with van der Waals surface area (Å²) in [6.45, 7) is 0. The minimum Gasteiger partial charge on any atom is -0.384 e. The number of benzene rings is 2. The summed E-state index contributed by atoms with van der Waals surface area (Å²) in [7, 11) is 0. The van der Waals surface area contributed by atoms with Crippen LogP contribution in [0.1, 0.15) is 5.56 Å². The van der Waals surface area contributed by atoms with E-state index < -0.39 is 11.7 Å². The second-order valence-corrected chi connectivity index (χ2v) is 6.21. The molecule has 0 aliphatic carbocycles. The average Bonchev–Trinajstić information content (AvgIpc) is 2.55. The molecule has 0 atom stereocenters. The van der Waals surface area contributed by atoms with Gasteiger partial charge in [0.05, 0.1) is 5.56 Å². The first-order chi connectivity index (χ1) is 11.4. The smallest absolute Gasteiger partial charge is 0.384 e. The Kier molecular flexibility index (Phi) is 4.49. The van der Waals surface area contributed by atoms with Gasteiger partial charge in [0, 0.05) is 16.0 Å². The van der Waals surface area contributed by atoms with Crippen molar-refractivity contribution in [2.45, 2.75) is 16.0 Å². The van der Waals surface area contributed by atoms with E-state index in [4.69, 9.17) is 5.73 Å². The SMILES string of the molecule is Nc1cc(-c2ccccc2Sc2ccc(C(F)(F)F)cc2)ccn1. The lowest BCUT2D eigenvalue weighted by Gasteiger charge is -2.11. The van der Waals surface area contributed by atoms with Crippen LogP contribution >= 0.6 is 11.8 Å². The number of anilines is 1. The van der Waals surface area contributed by atoms with Crippen molar-refractivity contribution in [1.82, 2.24) is 4.98 Å². The fraction of sp³-hybridized carbons (Fsp3) is 0.0556. The van der Waals surface area contributed by atoms with Gasteiger partial charge >= 0.3 is 6.18 Å². The Balaban J connectivity index is 1.91. The Hall–Kier alpha value is -2.47. The second-order valence-electron chi connectivity index (χ2n) is 5.09. The summed E-state index contributed by atoms with van der Waals surface area (Å²) in [6, 6.07) is 16.4. The lowest BCUT2D eigenvalue weighted by Crippen LogP contribution is -2.03. The monoisotopic (exact) mass is 346 g/mol. The van der Waals surface area contributed by atoms with Gasteiger partial charge in [-0.25, -0.2) is 4.98 Å². The Morgan fingerprint density at radius 1 is 0.917 bits per heavy atom. The molecule has 122 valence electrons. The van der Waals surface area contributed by atoms with Crippen molar-refractivity contribution in [2.75, 3.05) is 5.73 Å². The second kappa shape index (κ2) is 6.57. The van der Waals surface area contributed by atoms with Gasteiger partial charge in [-0.3, -0.25) is 0 Å². The van der Waals surface area contributed by atoms with Crippen molar-refractivity contribution >= 4 is 17.6 Å². The van der Waals surface area contributed by atoms with E-state index in [1.54, 1.807) is 12.3 Å². The highest BCUT2D eigenvalue weighted by atomic mass is 32.2. The molecule has 3 rings (SSSR count). The molecule has 0 bridgehead atoms. The van der Waals surface area contributed by atoms with Crippen molar-refractivity contribution in [1.29, 1.82) is 0 Å². The number of halogens is 3. The zero-order valence-corrected chi connectivity index (χ0v) is 13.2. The third-order valence-electron chi connectivity index (χ3n) is 3.39. The largest absolute Gasteiger partial charge is 0.416 e. The van der Waals surface area contributed by atoms with E-state index in [1.165, 1.54) is 23.9 Å². The van der Waals surface area contributed by atoms with Crippen LogP contribution < -0.4 is 5.73 Å². The Morgan fingerprint density at radius 2 is 1.62 bits per heavy atom. The van der Waals surface area contributed by atoms with Gasteiger partial charge in [0.15, 0.2) is 0 Å². The van der Waals surface area contributed by atoms with Crippen LogP contribution in [0, 0.1) is 0 Å². The molecule has 1 heterocycles. The average molecular weight is 346 g/mol. The molecule has 0 saturated heterocycles. The maximum absolute atomic E-state index is 12.6. The molecule has 0 spiro atoms.